The van der Waals surface area contributed by atoms with Crippen molar-refractivity contribution < 1.29 is 14.3 Å². The molecule has 2 rings (SSSR count). The zero-order valence-electron chi connectivity index (χ0n) is 9.61. The summed E-state index contributed by atoms with van der Waals surface area (Å²) >= 11 is 0. The molecule has 0 bridgehead atoms. The molecule has 1 heterocycles. The van der Waals surface area contributed by atoms with E-state index >= 15 is 0 Å². The molecule has 1 atom stereocenters. The molecule has 1 amide bonds. The number of nitrogens with one attached hydrogen (secondary N) is 1. The molecule has 0 radical (unpaired) electrons. The van der Waals surface area contributed by atoms with Gasteiger partial charge in [0.2, 0.25) is 0 Å². The molecular weight excluding hydrogens is 223 g/mol. The van der Waals surface area contributed by atoms with Crippen LogP contribution in [0.4, 0.5) is 4.39 Å². The number of halogens is 1. The van der Waals surface area contributed by atoms with Crippen LogP contribution in [0.3, 0.4) is 0 Å². The van der Waals surface area contributed by atoms with Crippen LogP contribution in [0.5, 0.6) is 5.75 Å². The topological polar surface area (TPSA) is 52.6 Å². The van der Waals surface area contributed by atoms with Crippen LogP contribution in [-0.2, 0) is 0 Å². The Bertz CT molecular complexity index is 410. The van der Waals surface area contributed by atoms with E-state index in [4.69, 9.17) is 0 Å². The van der Waals surface area contributed by atoms with Gasteiger partial charge in [-0.25, -0.2) is 4.39 Å². The molecule has 2 N–H and O–H groups in total. The highest BCUT2D eigenvalue weighted by Crippen LogP contribution is 2.22. The molecule has 17 heavy (non-hydrogen) atoms. The summed E-state index contributed by atoms with van der Waals surface area (Å²) in [7, 11) is 1.63. The van der Waals surface area contributed by atoms with E-state index in [1.54, 1.807) is 7.05 Å². The minimum absolute atomic E-state index is 0.0570. The molecule has 92 valence electrons. The maximum atomic E-state index is 13.5. The first-order valence-corrected chi connectivity index (χ1v) is 5.56. The second kappa shape index (κ2) is 4.71. The quantitative estimate of drug-likeness (QED) is 0.807. The number of benzene rings is 1. The molecule has 1 aromatic rings. The summed E-state index contributed by atoms with van der Waals surface area (Å²) < 4.78 is 13.5. The highest BCUT2D eigenvalue weighted by atomic mass is 19.1. The van der Waals surface area contributed by atoms with Crippen LogP contribution < -0.4 is 5.32 Å². The molecule has 0 aliphatic carbocycles. The summed E-state index contributed by atoms with van der Waals surface area (Å²) in [5, 5.41) is 12.7. The summed E-state index contributed by atoms with van der Waals surface area (Å²) in [6.45, 7) is 1.56. The number of carbonyl (C=O) groups excluding carboxylic acids is 1. The van der Waals surface area contributed by atoms with Crippen molar-refractivity contribution in [3.8, 4) is 5.75 Å². The smallest absolute Gasteiger partial charge is 0.260 e. The summed E-state index contributed by atoms with van der Waals surface area (Å²) in [6, 6.07) is 3.92. The zero-order chi connectivity index (χ0) is 12.4. The van der Waals surface area contributed by atoms with Crippen LogP contribution in [0.2, 0.25) is 0 Å². The second-order valence-electron chi connectivity index (χ2n) is 4.20. The van der Waals surface area contributed by atoms with E-state index in [2.05, 4.69) is 5.32 Å². The van der Waals surface area contributed by atoms with E-state index in [-0.39, 0.29) is 17.4 Å². The Kier molecular flexibility index (Phi) is 3.28. The summed E-state index contributed by atoms with van der Waals surface area (Å²) in [6.07, 6.45) is 0.845. The third-order valence-electron chi connectivity index (χ3n) is 3.11. The summed E-state index contributed by atoms with van der Waals surface area (Å²) in [4.78, 5) is 13.6. The van der Waals surface area contributed by atoms with Crippen molar-refractivity contribution >= 4 is 5.91 Å². The average Bonchev–Trinajstić information content (AvgIpc) is 2.81. The second-order valence-corrected chi connectivity index (χ2v) is 4.20. The van der Waals surface area contributed by atoms with E-state index in [9.17, 15) is 14.3 Å². The van der Waals surface area contributed by atoms with Gasteiger partial charge in [-0.1, -0.05) is 6.07 Å². The highest BCUT2D eigenvalue weighted by Gasteiger charge is 2.27. The number of phenolic OH excluding ortho intramolecular Hbond substituents is 1. The lowest BCUT2D eigenvalue weighted by molar-refractivity contribution is 0.0736. The van der Waals surface area contributed by atoms with Gasteiger partial charge in [0.1, 0.15) is 17.1 Å². The van der Waals surface area contributed by atoms with Gasteiger partial charge in [-0.3, -0.25) is 4.79 Å². The van der Waals surface area contributed by atoms with Gasteiger partial charge in [-0.05, 0) is 25.1 Å². The molecule has 5 heteroatoms. The monoisotopic (exact) mass is 238 g/mol. The SMILES string of the molecule is CN(C(=O)c1c(O)cccc1F)C1CCNC1. The fraction of sp³-hybridized carbons (Fsp3) is 0.417. The van der Waals surface area contributed by atoms with Gasteiger partial charge in [-0.15, -0.1) is 0 Å². The maximum Gasteiger partial charge on any atom is 0.260 e. The Morgan fingerprint density at radius 2 is 2.35 bits per heavy atom. The van der Waals surface area contributed by atoms with E-state index in [0.717, 1.165) is 13.0 Å². The van der Waals surface area contributed by atoms with Crippen molar-refractivity contribution in [3.05, 3.63) is 29.6 Å². The fourth-order valence-corrected chi connectivity index (χ4v) is 2.04. The molecule has 1 fully saturated rings. The Balaban J connectivity index is 2.24. The van der Waals surface area contributed by atoms with Crippen molar-refractivity contribution in [1.29, 1.82) is 0 Å². The Hall–Kier alpha value is -1.62. The van der Waals surface area contributed by atoms with Crippen molar-refractivity contribution in [2.45, 2.75) is 12.5 Å². The van der Waals surface area contributed by atoms with Gasteiger partial charge in [0.25, 0.3) is 5.91 Å². The minimum Gasteiger partial charge on any atom is -0.507 e. The predicted octanol–water partition coefficient (Wildman–Crippen LogP) is 0.965. The zero-order valence-corrected chi connectivity index (χ0v) is 9.61. The molecule has 1 aliphatic heterocycles. The van der Waals surface area contributed by atoms with Crippen LogP contribution in [-0.4, -0.2) is 42.1 Å². The van der Waals surface area contributed by atoms with E-state index in [1.165, 1.54) is 23.1 Å². The third kappa shape index (κ3) is 2.24. The lowest BCUT2D eigenvalue weighted by Gasteiger charge is -2.24. The number of hydrogen-bond donors (Lipinski definition) is 2. The molecule has 1 aromatic carbocycles. The normalized spacial score (nSPS) is 19.3. The predicted molar refractivity (Wildman–Crippen MR) is 61.4 cm³/mol. The van der Waals surface area contributed by atoms with Crippen LogP contribution in [0, 0.1) is 5.82 Å². The van der Waals surface area contributed by atoms with Crippen LogP contribution in [0.25, 0.3) is 0 Å². The fourth-order valence-electron chi connectivity index (χ4n) is 2.04. The number of carbonyl (C=O) groups is 1. The Morgan fingerprint density at radius 3 is 2.94 bits per heavy atom. The molecular formula is C12H15FN2O2. The number of aromatic hydroxyl groups is 1. The number of amides is 1. The van der Waals surface area contributed by atoms with E-state index < -0.39 is 11.7 Å². The van der Waals surface area contributed by atoms with Crippen LogP contribution in [0.15, 0.2) is 18.2 Å². The number of hydrogen-bond acceptors (Lipinski definition) is 3. The standard InChI is InChI=1S/C12H15FN2O2/c1-15(8-5-6-14-7-8)12(17)11-9(13)3-2-4-10(11)16/h2-4,8,14,16H,5-7H2,1H3. The molecule has 0 spiro atoms. The van der Waals surface area contributed by atoms with Crippen molar-refractivity contribution in [1.82, 2.24) is 10.2 Å². The lowest BCUT2D eigenvalue weighted by Crippen LogP contribution is -2.38. The van der Waals surface area contributed by atoms with Gasteiger partial charge in [-0.2, -0.15) is 0 Å². The van der Waals surface area contributed by atoms with E-state index in [1.807, 2.05) is 0 Å². The largest absolute Gasteiger partial charge is 0.507 e. The van der Waals surface area contributed by atoms with Gasteiger partial charge in [0.15, 0.2) is 0 Å². The maximum absolute atomic E-state index is 13.5. The number of phenols is 1. The first-order chi connectivity index (χ1) is 8.11. The van der Waals surface area contributed by atoms with Crippen molar-refractivity contribution in [2.75, 3.05) is 20.1 Å². The molecule has 1 aliphatic rings. The molecule has 4 nitrogen and oxygen atoms in total. The van der Waals surface area contributed by atoms with Gasteiger partial charge < -0.3 is 15.3 Å². The minimum atomic E-state index is -0.687. The number of nitrogens with zero attached hydrogens (tertiary/aromatic N) is 1. The molecule has 1 saturated heterocycles. The van der Waals surface area contributed by atoms with Gasteiger partial charge in [0.05, 0.1) is 0 Å². The highest BCUT2D eigenvalue weighted by molar-refractivity contribution is 5.97. The number of likely N-dealkylation sites (N-methyl/N-ethyl adjacent to an activating group) is 1. The molecule has 1 unspecified atom stereocenters. The molecule has 0 saturated carbocycles. The Labute approximate surface area is 99.0 Å². The van der Waals surface area contributed by atoms with Gasteiger partial charge in [0, 0.05) is 19.6 Å². The summed E-state index contributed by atoms with van der Waals surface area (Å²) in [5.74, 6) is -1.48. The van der Waals surface area contributed by atoms with Crippen LogP contribution in [0.1, 0.15) is 16.8 Å². The van der Waals surface area contributed by atoms with Crippen molar-refractivity contribution in [2.24, 2.45) is 0 Å². The van der Waals surface area contributed by atoms with Crippen LogP contribution >= 0.6 is 0 Å². The first-order valence-electron chi connectivity index (χ1n) is 5.56. The number of rotatable bonds is 2. The lowest BCUT2D eigenvalue weighted by atomic mass is 10.1. The Morgan fingerprint density at radius 1 is 1.59 bits per heavy atom. The van der Waals surface area contributed by atoms with E-state index in [0.29, 0.717) is 6.54 Å². The third-order valence-corrected chi connectivity index (χ3v) is 3.11. The average molecular weight is 238 g/mol. The van der Waals surface area contributed by atoms with Gasteiger partial charge >= 0.3 is 0 Å². The first kappa shape index (κ1) is 11.9. The van der Waals surface area contributed by atoms with Crippen molar-refractivity contribution in [3.63, 3.8) is 0 Å². The summed E-state index contributed by atoms with van der Waals surface area (Å²) in [5.41, 5.74) is -0.248. The molecule has 0 aromatic heterocycles.